The fourth-order valence-corrected chi connectivity index (χ4v) is 2.67. The third-order valence-corrected chi connectivity index (χ3v) is 4.81. The van der Waals surface area contributed by atoms with E-state index in [0.29, 0.717) is 0 Å². The van der Waals surface area contributed by atoms with Crippen molar-refractivity contribution in [3.8, 4) is 0 Å². The molecule has 0 fully saturated rings. The highest BCUT2D eigenvalue weighted by atomic mass is 32.2. The Morgan fingerprint density at radius 3 is 2.43 bits per heavy atom. The van der Waals surface area contributed by atoms with Gasteiger partial charge in [0.15, 0.2) is 0 Å². The summed E-state index contributed by atoms with van der Waals surface area (Å²) in [5, 5.41) is 8.00. The first-order valence-electron chi connectivity index (χ1n) is 4.63. The number of hydrogen-bond acceptors (Lipinski definition) is 4. The summed E-state index contributed by atoms with van der Waals surface area (Å²) in [7, 11) is -3.35. The SMILES string of the molecule is CCSCC(C)NS(=O)(=O)C(C)CO. The van der Waals surface area contributed by atoms with Crippen LogP contribution in [0, 0.1) is 0 Å². The fourth-order valence-electron chi connectivity index (χ4n) is 0.823. The molecule has 0 aliphatic carbocycles. The van der Waals surface area contributed by atoms with Crippen LogP contribution in [0.4, 0.5) is 0 Å². The minimum atomic E-state index is -3.35. The maximum absolute atomic E-state index is 11.5. The Kier molecular flexibility index (Phi) is 6.76. The summed E-state index contributed by atoms with van der Waals surface area (Å²) in [6.45, 7) is 5.00. The Hall–Kier alpha value is 0.220. The molecule has 0 amide bonds. The van der Waals surface area contributed by atoms with Gasteiger partial charge in [-0.3, -0.25) is 0 Å². The lowest BCUT2D eigenvalue weighted by molar-refractivity contribution is 0.294. The van der Waals surface area contributed by atoms with Gasteiger partial charge in [-0.25, -0.2) is 13.1 Å². The maximum Gasteiger partial charge on any atom is 0.216 e. The first kappa shape index (κ1) is 14.2. The highest BCUT2D eigenvalue weighted by molar-refractivity contribution is 7.99. The summed E-state index contributed by atoms with van der Waals surface area (Å²) < 4.78 is 25.4. The molecule has 6 heteroatoms. The lowest BCUT2D eigenvalue weighted by atomic mass is 10.4. The smallest absolute Gasteiger partial charge is 0.216 e. The number of rotatable bonds is 7. The molecule has 0 aromatic carbocycles. The molecule has 4 nitrogen and oxygen atoms in total. The highest BCUT2D eigenvalue weighted by Gasteiger charge is 2.21. The first-order valence-corrected chi connectivity index (χ1v) is 7.33. The van der Waals surface area contributed by atoms with Crippen LogP contribution in [0.2, 0.25) is 0 Å². The largest absolute Gasteiger partial charge is 0.395 e. The third kappa shape index (κ3) is 5.19. The number of nitrogens with one attached hydrogen (secondary N) is 1. The van der Waals surface area contributed by atoms with Gasteiger partial charge in [-0.2, -0.15) is 11.8 Å². The van der Waals surface area contributed by atoms with E-state index in [1.165, 1.54) is 6.92 Å². The molecule has 2 atom stereocenters. The first-order chi connectivity index (χ1) is 6.44. The summed E-state index contributed by atoms with van der Waals surface area (Å²) in [5.74, 6) is 1.73. The van der Waals surface area contributed by atoms with Crippen molar-refractivity contribution in [3.05, 3.63) is 0 Å². The van der Waals surface area contributed by atoms with E-state index in [0.717, 1.165) is 11.5 Å². The van der Waals surface area contributed by atoms with Crippen LogP contribution in [-0.2, 0) is 10.0 Å². The van der Waals surface area contributed by atoms with Crippen LogP contribution in [0.1, 0.15) is 20.8 Å². The van der Waals surface area contributed by atoms with Crippen LogP contribution in [-0.4, -0.2) is 42.9 Å². The van der Waals surface area contributed by atoms with E-state index >= 15 is 0 Å². The van der Waals surface area contributed by atoms with E-state index in [4.69, 9.17) is 5.11 Å². The minimum Gasteiger partial charge on any atom is -0.395 e. The minimum absolute atomic E-state index is 0.0843. The molecule has 0 radical (unpaired) electrons. The van der Waals surface area contributed by atoms with Crippen LogP contribution in [0.5, 0.6) is 0 Å². The van der Waals surface area contributed by atoms with Gasteiger partial charge in [0.25, 0.3) is 0 Å². The zero-order valence-corrected chi connectivity index (χ0v) is 10.5. The Balaban J connectivity index is 4.09. The van der Waals surface area contributed by atoms with E-state index in [2.05, 4.69) is 4.72 Å². The van der Waals surface area contributed by atoms with Gasteiger partial charge in [-0.05, 0) is 19.6 Å². The average molecular weight is 241 g/mol. The number of aliphatic hydroxyl groups is 1. The second-order valence-electron chi connectivity index (χ2n) is 3.22. The van der Waals surface area contributed by atoms with Crippen molar-refractivity contribution in [1.82, 2.24) is 4.72 Å². The normalized spacial score (nSPS) is 16.6. The zero-order chi connectivity index (χ0) is 11.2. The second kappa shape index (κ2) is 6.66. The molecule has 2 unspecified atom stereocenters. The lowest BCUT2D eigenvalue weighted by Gasteiger charge is -2.16. The molecule has 0 rings (SSSR count). The van der Waals surface area contributed by atoms with Gasteiger partial charge in [0, 0.05) is 11.8 Å². The Morgan fingerprint density at radius 2 is 2.00 bits per heavy atom. The molecular weight excluding hydrogens is 222 g/mol. The molecule has 0 bridgehead atoms. The highest BCUT2D eigenvalue weighted by Crippen LogP contribution is 2.04. The number of thioether (sulfide) groups is 1. The molecule has 0 aromatic rings. The van der Waals surface area contributed by atoms with E-state index in [1.54, 1.807) is 11.8 Å². The van der Waals surface area contributed by atoms with Crippen LogP contribution >= 0.6 is 11.8 Å². The summed E-state index contributed by atoms with van der Waals surface area (Å²) in [5.41, 5.74) is 0. The third-order valence-electron chi connectivity index (χ3n) is 1.72. The Morgan fingerprint density at radius 1 is 1.43 bits per heavy atom. The van der Waals surface area contributed by atoms with Crippen LogP contribution in [0.15, 0.2) is 0 Å². The molecular formula is C8H19NO3S2. The number of hydrogen-bond donors (Lipinski definition) is 2. The Labute approximate surface area is 90.5 Å². The van der Waals surface area contributed by atoms with Crippen molar-refractivity contribution in [2.45, 2.75) is 32.1 Å². The van der Waals surface area contributed by atoms with Gasteiger partial charge in [0.05, 0.1) is 11.9 Å². The molecule has 0 saturated carbocycles. The van der Waals surface area contributed by atoms with Crippen molar-refractivity contribution in [2.75, 3.05) is 18.1 Å². The summed E-state index contributed by atoms with van der Waals surface area (Å²) in [4.78, 5) is 0. The van der Waals surface area contributed by atoms with Crippen LogP contribution in [0.3, 0.4) is 0 Å². The Bertz CT molecular complexity index is 241. The van der Waals surface area contributed by atoms with Gasteiger partial charge in [0.2, 0.25) is 10.0 Å². The molecule has 0 saturated heterocycles. The summed E-state index contributed by atoms with van der Waals surface area (Å²) in [6.07, 6.45) is 0. The van der Waals surface area contributed by atoms with Crippen molar-refractivity contribution < 1.29 is 13.5 Å². The molecule has 86 valence electrons. The van der Waals surface area contributed by atoms with Gasteiger partial charge >= 0.3 is 0 Å². The van der Waals surface area contributed by atoms with Gasteiger partial charge in [0.1, 0.15) is 0 Å². The standard InChI is InChI=1S/C8H19NO3S2/c1-4-13-6-7(2)9-14(11,12)8(3)5-10/h7-10H,4-6H2,1-3H3. The average Bonchev–Trinajstić information content (AvgIpc) is 2.12. The second-order valence-corrected chi connectivity index (χ2v) is 6.67. The van der Waals surface area contributed by atoms with E-state index in [-0.39, 0.29) is 12.6 Å². The van der Waals surface area contributed by atoms with Crippen molar-refractivity contribution >= 4 is 21.8 Å². The molecule has 0 aliphatic heterocycles. The van der Waals surface area contributed by atoms with Gasteiger partial charge < -0.3 is 5.11 Å². The van der Waals surface area contributed by atoms with Crippen molar-refractivity contribution in [3.63, 3.8) is 0 Å². The summed E-state index contributed by atoms with van der Waals surface area (Å²) >= 11 is 1.69. The monoisotopic (exact) mass is 241 g/mol. The van der Waals surface area contributed by atoms with Crippen molar-refractivity contribution in [2.24, 2.45) is 0 Å². The van der Waals surface area contributed by atoms with Crippen LogP contribution in [0.25, 0.3) is 0 Å². The quantitative estimate of drug-likeness (QED) is 0.678. The van der Waals surface area contributed by atoms with E-state index in [9.17, 15) is 8.42 Å². The number of aliphatic hydroxyl groups excluding tert-OH is 1. The molecule has 0 aromatic heterocycles. The molecule has 2 N–H and O–H groups in total. The predicted molar refractivity (Wildman–Crippen MR) is 61.1 cm³/mol. The topological polar surface area (TPSA) is 66.4 Å². The summed E-state index contributed by atoms with van der Waals surface area (Å²) in [6, 6.07) is -0.0843. The predicted octanol–water partition coefficient (Wildman–Crippen LogP) is 0.428. The van der Waals surface area contributed by atoms with Crippen molar-refractivity contribution in [1.29, 1.82) is 0 Å². The van der Waals surface area contributed by atoms with E-state index in [1.807, 2.05) is 13.8 Å². The number of sulfonamides is 1. The molecule has 0 heterocycles. The lowest BCUT2D eigenvalue weighted by Crippen LogP contribution is -2.41. The zero-order valence-electron chi connectivity index (χ0n) is 8.86. The fraction of sp³-hybridized carbons (Fsp3) is 1.00. The van der Waals surface area contributed by atoms with E-state index < -0.39 is 15.3 Å². The van der Waals surface area contributed by atoms with Crippen LogP contribution < -0.4 is 4.72 Å². The van der Waals surface area contributed by atoms with Gasteiger partial charge in [-0.15, -0.1) is 0 Å². The molecule has 0 aliphatic rings. The maximum atomic E-state index is 11.5. The molecule has 14 heavy (non-hydrogen) atoms. The molecule has 0 spiro atoms. The van der Waals surface area contributed by atoms with Gasteiger partial charge in [-0.1, -0.05) is 6.92 Å².